The SMILES string of the molecule is CCCNCc1c(Cl)nc(Cl)n1C. The Morgan fingerprint density at radius 1 is 1.46 bits per heavy atom. The molecule has 1 aromatic heterocycles. The maximum Gasteiger partial charge on any atom is 0.204 e. The minimum atomic E-state index is 0.429. The lowest BCUT2D eigenvalue weighted by Crippen LogP contribution is -2.16. The first kappa shape index (κ1) is 10.8. The van der Waals surface area contributed by atoms with Crippen LogP contribution in [0.15, 0.2) is 0 Å². The van der Waals surface area contributed by atoms with Crippen molar-refractivity contribution in [1.29, 1.82) is 0 Å². The van der Waals surface area contributed by atoms with Crippen molar-refractivity contribution in [3.8, 4) is 0 Å². The van der Waals surface area contributed by atoms with Gasteiger partial charge in [0.2, 0.25) is 5.28 Å². The molecule has 1 N–H and O–H groups in total. The summed E-state index contributed by atoms with van der Waals surface area (Å²) in [6.07, 6.45) is 1.10. The fraction of sp³-hybridized carbons (Fsp3) is 0.625. The highest BCUT2D eigenvalue weighted by Crippen LogP contribution is 2.18. The van der Waals surface area contributed by atoms with E-state index in [1.807, 2.05) is 7.05 Å². The van der Waals surface area contributed by atoms with Gasteiger partial charge in [0.25, 0.3) is 0 Å². The number of rotatable bonds is 4. The molecule has 0 fully saturated rings. The topological polar surface area (TPSA) is 29.9 Å². The normalized spacial score (nSPS) is 10.8. The first-order valence-corrected chi connectivity index (χ1v) is 4.99. The molecule has 0 amide bonds. The largest absolute Gasteiger partial charge is 0.319 e. The minimum Gasteiger partial charge on any atom is -0.319 e. The zero-order chi connectivity index (χ0) is 9.84. The highest BCUT2D eigenvalue weighted by atomic mass is 35.5. The molecule has 0 atom stereocenters. The maximum atomic E-state index is 5.87. The first-order chi connectivity index (χ1) is 6.16. The highest BCUT2D eigenvalue weighted by Gasteiger charge is 2.09. The molecule has 0 saturated carbocycles. The molecule has 0 saturated heterocycles. The Kier molecular flexibility index (Phi) is 4.03. The van der Waals surface area contributed by atoms with Crippen LogP contribution >= 0.6 is 23.2 Å². The Bertz CT molecular complexity index is 283. The van der Waals surface area contributed by atoms with E-state index < -0.39 is 0 Å². The summed E-state index contributed by atoms with van der Waals surface area (Å²) in [4.78, 5) is 3.94. The van der Waals surface area contributed by atoms with Gasteiger partial charge in [-0.25, -0.2) is 4.98 Å². The average molecular weight is 222 g/mol. The molecule has 1 heterocycles. The van der Waals surface area contributed by atoms with Crippen molar-refractivity contribution in [2.45, 2.75) is 19.9 Å². The molecule has 1 rings (SSSR count). The zero-order valence-electron chi connectivity index (χ0n) is 7.77. The minimum absolute atomic E-state index is 0.429. The number of nitrogens with one attached hydrogen (secondary N) is 1. The van der Waals surface area contributed by atoms with Crippen molar-refractivity contribution < 1.29 is 0 Å². The van der Waals surface area contributed by atoms with Crippen LogP contribution in [0.5, 0.6) is 0 Å². The predicted molar refractivity (Wildman–Crippen MR) is 55.2 cm³/mol. The van der Waals surface area contributed by atoms with Crippen LogP contribution in [0.4, 0.5) is 0 Å². The summed E-state index contributed by atoms with van der Waals surface area (Å²) in [5.41, 5.74) is 0.931. The van der Waals surface area contributed by atoms with Crippen molar-refractivity contribution in [3.63, 3.8) is 0 Å². The standard InChI is InChI=1S/C8H13Cl2N3/c1-3-4-11-5-6-7(9)12-8(10)13(6)2/h11H,3-5H2,1-2H3. The van der Waals surface area contributed by atoms with Crippen LogP contribution in [-0.4, -0.2) is 16.1 Å². The molecule has 0 unspecified atom stereocenters. The highest BCUT2D eigenvalue weighted by molar-refractivity contribution is 6.32. The van der Waals surface area contributed by atoms with E-state index in [1.165, 1.54) is 0 Å². The molecule has 0 aliphatic heterocycles. The second kappa shape index (κ2) is 4.84. The number of nitrogens with zero attached hydrogens (tertiary/aromatic N) is 2. The summed E-state index contributed by atoms with van der Waals surface area (Å²) in [6, 6.07) is 0. The van der Waals surface area contributed by atoms with E-state index in [9.17, 15) is 0 Å². The Hall–Kier alpha value is -0.250. The van der Waals surface area contributed by atoms with Gasteiger partial charge in [0.15, 0.2) is 5.15 Å². The van der Waals surface area contributed by atoms with Gasteiger partial charge in [0.05, 0.1) is 5.69 Å². The monoisotopic (exact) mass is 221 g/mol. The molecule has 1 aromatic rings. The lowest BCUT2D eigenvalue weighted by Gasteiger charge is -2.04. The van der Waals surface area contributed by atoms with E-state index in [2.05, 4.69) is 17.2 Å². The van der Waals surface area contributed by atoms with Crippen molar-refractivity contribution in [1.82, 2.24) is 14.9 Å². The van der Waals surface area contributed by atoms with Crippen molar-refractivity contribution in [2.24, 2.45) is 7.05 Å². The molecule has 13 heavy (non-hydrogen) atoms. The molecule has 5 heteroatoms. The van der Waals surface area contributed by atoms with Crippen LogP contribution in [0.25, 0.3) is 0 Å². The quantitative estimate of drug-likeness (QED) is 0.791. The Labute approximate surface area is 88.1 Å². The molecule has 0 aliphatic carbocycles. The van der Waals surface area contributed by atoms with Crippen LogP contribution in [0.2, 0.25) is 10.4 Å². The number of halogens is 2. The van der Waals surface area contributed by atoms with Gasteiger partial charge in [-0.3, -0.25) is 0 Å². The lowest BCUT2D eigenvalue weighted by atomic mass is 10.4. The summed E-state index contributed by atoms with van der Waals surface area (Å²) < 4.78 is 1.78. The summed E-state index contributed by atoms with van der Waals surface area (Å²) in [5, 5.41) is 4.15. The van der Waals surface area contributed by atoms with Crippen LogP contribution in [-0.2, 0) is 13.6 Å². The second-order valence-corrected chi connectivity index (χ2v) is 3.55. The second-order valence-electron chi connectivity index (χ2n) is 2.85. The van der Waals surface area contributed by atoms with Crippen LogP contribution in [0.3, 0.4) is 0 Å². The summed E-state index contributed by atoms with van der Waals surface area (Å²) >= 11 is 11.7. The smallest absolute Gasteiger partial charge is 0.204 e. The van der Waals surface area contributed by atoms with E-state index in [-0.39, 0.29) is 0 Å². The summed E-state index contributed by atoms with van der Waals surface area (Å²) in [5.74, 6) is 0. The number of hydrogen-bond donors (Lipinski definition) is 1. The van der Waals surface area contributed by atoms with Crippen molar-refractivity contribution >= 4 is 23.2 Å². The molecule has 0 spiro atoms. The van der Waals surface area contributed by atoms with E-state index in [0.29, 0.717) is 17.0 Å². The third-order valence-electron chi connectivity index (χ3n) is 1.83. The third kappa shape index (κ3) is 2.59. The summed E-state index contributed by atoms with van der Waals surface area (Å²) in [6.45, 7) is 3.80. The van der Waals surface area contributed by atoms with Gasteiger partial charge in [-0.1, -0.05) is 18.5 Å². The van der Waals surface area contributed by atoms with Gasteiger partial charge in [0.1, 0.15) is 0 Å². The van der Waals surface area contributed by atoms with E-state index in [0.717, 1.165) is 18.7 Å². The van der Waals surface area contributed by atoms with E-state index in [4.69, 9.17) is 23.2 Å². The Morgan fingerprint density at radius 2 is 2.15 bits per heavy atom. The fourth-order valence-electron chi connectivity index (χ4n) is 1.05. The number of hydrogen-bond acceptors (Lipinski definition) is 2. The zero-order valence-corrected chi connectivity index (χ0v) is 9.28. The lowest BCUT2D eigenvalue weighted by molar-refractivity contribution is 0.645. The maximum absolute atomic E-state index is 5.87. The van der Waals surface area contributed by atoms with Gasteiger partial charge in [-0.15, -0.1) is 0 Å². The Balaban J connectivity index is 2.64. The number of imidazole rings is 1. The van der Waals surface area contributed by atoms with E-state index >= 15 is 0 Å². The van der Waals surface area contributed by atoms with Crippen LogP contribution < -0.4 is 5.32 Å². The molecule has 0 aliphatic rings. The van der Waals surface area contributed by atoms with E-state index in [1.54, 1.807) is 4.57 Å². The van der Waals surface area contributed by atoms with Gasteiger partial charge in [-0.2, -0.15) is 0 Å². The van der Waals surface area contributed by atoms with Crippen molar-refractivity contribution in [3.05, 3.63) is 16.1 Å². The van der Waals surface area contributed by atoms with Gasteiger partial charge in [-0.05, 0) is 24.6 Å². The number of aromatic nitrogens is 2. The molecule has 0 aromatic carbocycles. The predicted octanol–water partition coefficient (Wildman–Crippen LogP) is 2.23. The molecular formula is C8H13Cl2N3. The van der Waals surface area contributed by atoms with Crippen molar-refractivity contribution in [2.75, 3.05) is 6.54 Å². The average Bonchev–Trinajstić information content (AvgIpc) is 2.32. The first-order valence-electron chi connectivity index (χ1n) is 4.24. The molecule has 0 radical (unpaired) electrons. The third-order valence-corrected chi connectivity index (χ3v) is 2.47. The van der Waals surface area contributed by atoms with Gasteiger partial charge >= 0.3 is 0 Å². The molecule has 74 valence electrons. The van der Waals surface area contributed by atoms with Gasteiger partial charge in [0, 0.05) is 13.6 Å². The molecule has 3 nitrogen and oxygen atoms in total. The summed E-state index contributed by atoms with van der Waals surface area (Å²) in [7, 11) is 1.85. The van der Waals surface area contributed by atoms with Gasteiger partial charge < -0.3 is 9.88 Å². The molecular weight excluding hydrogens is 209 g/mol. The fourth-order valence-corrected chi connectivity index (χ4v) is 1.55. The Morgan fingerprint density at radius 3 is 2.62 bits per heavy atom. The molecule has 0 bridgehead atoms. The van der Waals surface area contributed by atoms with Crippen LogP contribution in [0, 0.1) is 0 Å². The van der Waals surface area contributed by atoms with Crippen LogP contribution in [0.1, 0.15) is 19.0 Å².